The first kappa shape index (κ1) is 17.3. The van der Waals surface area contributed by atoms with E-state index in [2.05, 4.69) is 21.9 Å². The summed E-state index contributed by atoms with van der Waals surface area (Å²) < 4.78 is 25.7. The number of anilines is 1. The molecule has 7 heteroatoms. The van der Waals surface area contributed by atoms with Gasteiger partial charge < -0.3 is 5.32 Å². The molecule has 1 heterocycles. The zero-order valence-electron chi connectivity index (χ0n) is 13.1. The summed E-state index contributed by atoms with van der Waals surface area (Å²) in [5.41, 5.74) is 1.60. The van der Waals surface area contributed by atoms with E-state index in [1.54, 1.807) is 4.90 Å². The predicted octanol–water partition coefficient (Wildman–Crippen LogP) is 1.29. The smallest absolute Gasteiger partial charge is 0.321 e. The van der Waals surface area contributed by atoms with Gasteiger partial charge in [-0.25, -0.2) is 17.9 Å². The van der Waals surface area contributed by atoms with Gasteiger partial charge >= 0.3 is 6.03 Å². The molecule has 124 valence electrons. The first-order chi connectivity index (χ1) is 11.0. The second-order valence-electron chi connectivity index (χ2n) is 5.23. The molecule has 1 aliphatic rings. The van der Waals surface area contributed by atoms with E-state index in [4.69, 9.17) is 0 Å². The average Bonchev–Trinajstić information content (AvgIpc) is 2.96. The lowest BCUT2D eigenvalue weighted by Gasteiger charge is -2.13. The van der Waals surface area contributed by atoms with Crippen LogP contribution in [0.25, 0.3) is 0 Å². The van der Waals surface area contributed by atoms with Crippen LogP contribution in [0.15, 0.2) is 24.3 Å². The summed E-state index contributed by atoms with van der Waals surface area (Å²) in [6.45, 7) is 3.36. The molecule has 1 saturated heterocycles. The lowest BCUT2D eigenvalue weighted by atomic mass is 10.2. The number of carbonyl (C=O) groups excluding carboxylic acids is 1. The van der Waals surface area contributed by atoms with E-state index in [0.29, 0.717) is 19.5 Å². The summed E-state index contributed by atoms with van der Waals surface area (Å²) in [6, 6.07) is 7.21. The lowest BCUT2D eigenvalue weighted by molar-refractivity contribution is 0.252. The first-order valence-electron chi connectivity index (χ1n) is 7.63. The highest BCUT2D eigenvalue weighted by molar-refractivity contribution is 7.89. The van der Waals surface area contributed by atoms with Crippen LogP contribution in [-0.2, 0) is 10.0 Å². The van der Waals surface area contributed by atoms with Crippen LogP contribution in [-0.4, -0.2) is 39.8 Å². The van der Waals surface area contributed by atoms with Gasteiger partial charge in [-0.3, -0.25) is 4.90 Å². The van der Waals surface area contributed by atoms with Crippen molar-refractivity contribution in [3.8, 4) is 11.8 Å². The maximum absolute atomic E-state index is 11.6. The number of nitrogens with zero attached hydrogens (tertiary/aromatic N) is 1. The number of unbranched alkanes of at least 4 members (excludes halogenated alkanes) is 1. The number of sulfonamides is 1. The summed E-state index contributed by atoms with van der Waals surface area (Å²) >= 11 is 0. The number of urea groups is 1. The Morgan fingerprint density at radius 3 is 2.65 bits per heavy atom. The Hall–Kier alpha value is -2.04. The summed E-state index contributed by atoms with van der Waals surface area (Å²) in [7, 11) is -3.23. The molecule has 1 fully saturated rings. The average molecular weight is 335 g/mol. The minimum atomic E-state index is -3.23. The van der Waals surface area contributed by atoms with Gasteiger partial charge in [0.25, 0.3) is 0 Å². The van der Waals surface area contributed by atoms with Crippen LogP contribution in [0.4, 0.5) is 10.5 Å². The molecule has 0 bridgehead atoms. The fraction of sp³-hybridized carbons (Fsp3) is 0.438. The predicted molar refractivity (Wildman–Crippen MR) is 90.8 cm³/mol. The van der Waals surface area contributed by atoms with E-state index in [1.165, 1.54) is 0 Å². The molecular weight excluding hydrogens is 314 g/mol. The molecule has 0 atom stereocenters. The molecule has 6 nitrogen and oxygen atoms in total. The quantitative estimate of drug-likeness (QED) is 0.769. The molecule has 23 heavy (non-hydrogen) atoms. The number of hydrogen-bond acceptors (Lipinski definition) is 3. The van der Waals surface area contributed by atoms with Crippen LogP contribution in [0.2, 0.25) is 0 Å². The van der Waals surface area contributed by atoms with Crippen molar-refractivity contribution in [1.29, 1.82) is 0 Å². The second-order valence-corrected chi connectivity index (χ2v) is 7.15. The minimum Gasteiger partial charge on any atom is -0.336 e. The van der Waals surface area contributed by atoms with Gasteiger partial charge in [-0.15, -0.1) is 0 Å². The third-order valence-corrected chi connectivity index (χ3v) is 4.83. The van der Waals surface area contributed by atoms with E-state index in [9.17, 15) is 13.2 Å². The molecule has 1 aromatic carbocycles. The molecule has 2 rings (SSSR count). The molecule has 0 saturated carbocycles. The third-order valence-electron chi connectivity index (χ3n) is 3.42. The lowest BCUT2D eigenvalue weighted by Crippen LogP contribution is -2.27. The van der Waals surface area contributed by atoms with Gasteiger partial charge in [-0.1, -0.05) is 25.2 Å². The Bertz CT molecular complexity index is 702. The van der Waals surface area contributed by atoms with Crippen molar-refractivity contribution in [1.82, 2.24) is 10.0 Å². The Labute approximate surface area is 137 Å². The standard InChI is InChI=1S/C16H21N3O3S/c1-2-3-13-23(21,22)18-10-4-5-14-6-8-15(9-7-14)19-12-11-17-16(19)20/h6-9,18H,2-3,10-13H2,1H3,(H,17,20). The number of benzene rings is 1. The molecule has 2 N–H and O–H groups in total. The Balaban J connectivity index is 1.88. The highest BCUT2D eigenvalue weighted by Crippen LogP contribution is 2.16. The highest BCUT2D eigenvalue weighted by Gasteiger charge is 2.20. The van der Waals surface area contributed by atoms with Crippen LogP contribution < -0.4 is 14.9 Å². The van der Waals surface area contributed by atoms with Gasteiger partial charge in [0, 0.05) is 24.3 Å². The second kappa shape index (κ2) is 7.99. The normalized spacial score (nSPS) is 14.3. The van der Waals surface area contributed by atoms with Gasteiger partial charge in [-0.05, 0) is 30.7 Å². The van der Waals surface area contributed by atoms with Gasteiger partial charge in [0.1, 0.15) is 0 Å². The highest BCUT2D eigenvalue weighted by atomic mass is 32.2. The number of rotatable bonds is 6. The van der Waals surface area contributed by atoms with Crippen molar-refractivity contribution < 1.29 is 13.2 Å². The van der Waals surface area contributed by atoms with Crippen LogP contribution in [0.1, 0.15) is 25.3 Å². The van der Waals surface area contributed by atoms with E-state index in [0.717, 1.165) is 17.7 Å². The number of amides is 2. The van der Waals surface area contributed by atoms with Gasteiger partial charge in [0.15, 0.2) is 0 Å². The summed E-state index contributed by atoms with van der Waals surface area (Å²) in [5.74, 6) is 5.84. The Morgan fingerprint density at radius 2 is 2.04 bits per heavy atom. The number of carbonyl (C=O) groups is 1. The van der Waals surface area contributed by atoms with E-state index < -0.39 is 10.0 Å². The fourth-order valence-electron chi connectivity index (χ4n) is 2.14. The Kier molecular flexibility index (Phi) is 6.02. The Morgan fingerprint density at radius 1 is 1.30 bits per heavy atom. The van der Waals surface area contributed by atoms with Crippen LogP contribution in [0.5, 0.6) is 0 Å². The molecule has 0 aliphatic carbocycles. The van der Waals surface area contributed by atoms with Crippen molar-refractivity contribution in [3.63, 3.8) is 0 Å². The van der Waals surface area contributed by atoms with Crippen LogP contribution in [0, 0.1) is 11.8 Å². The molecule has 0 aromatic heterocycles. The molecule has 1 aromatic rings. The zero-order chi connectivity index (χ0) is 16.7. The summed E-state index contributed by atoms with van der Waals surface area (Å²) in [5, 5.41) is 2.75. The molecule has 0 radical (unpaired) electrons. The van der Waals surface area contributed by atoms with Crippen molar-refractivity contribution in [2.75, 3.05) is 30.3 Å². The maximum atomic E-state index is 11.6. The van der Waals surface area contributed by atoms with Crippen molar-refractivity contribution in [2.45, 2.75) is 19.8 Å². The van der Waals surface area contributed by atoms with E-state index in [-0.39, 0.29) is 18.3 Å². The molecule has 1 aliphatic heterocycles. The number of nitrogens with one attached hydrogen (secondary N) is 2. The summed E-state index contributed by atoms with van der Waals surface area (Å²) in [6.07, 6.45) is 1.49. The van der Waals surface area contributed by atoms with Gasteiger partial charge in [0.05, 0.1) is 12.3 Å². The third kappa shape index (κ3) is 5.27. The van der Waals surface area contributed by atoms with Crippen LogP contribution in [0.3, 0.4) is 0 Å². The molecule has 0 spiro atoms. The van der Waals surface area contributed by atoms with E-state index in [1.807, 2.05) is 31.2 Å². The first-order valence-corrected chi connectivity index (χ1v) is 9.29. The fourth-order valence-corrected chi connectivity index (χ4v) is 3.25. The maximum Gasteiger partial charge on any atom is 0.321 e. The molecular formula is C16H21N3O3S. The largest absolute Gasteiger partial charge is 0.336 e. The van der Waals surface area contributed by atoms with Crippen molar-refractivity contribution >= 4 is 21.7 Å². The molecule has 2 amide bonds. The van der Waals surface area contributed by atoms with E-state index >= 15 is 0 Å². The number of hydrogen-bond donors (Lipinski definition) is 2. The zero-order valence-corrected chi connectivity index (χ0v) is 13.9. The minimum absolute atomic E-state index is 0.0923. The SMILES string of the molecule is CCCCS(=O)(=O)NCC#Cc1ccc(N2CCNC2=O)cc1. The van der Waals surface area contributed by atoms with Gasteiger partial charge in [-0.2, -0.15) is 0 Å². The summed E-state index contributed by atoms with van der Waals surface area (Å²) in [4.78, 5) is 13.2. The van der Waals surface area contributed by atoms with Crippen molar-refractivity contribution in [3.05, 3.63) is 29.8 Å². The monoisotopic (exact) mass is 335 g/mol. The molecule has 0 unspecified atom stereocenters. The van der Waals surface area contributed by atoms with Crippen molar-refractivity contribution in [2.24, 2.45) is 0 Å². The van der Waals surface area contributed by atoms with Gasteiger partial charge in [0.2, 0.25) is 10.0 Å². The van der Waals surface area contributed by atoms with Crippen LogP contribution >= 0.6 is 0 Å². The topological polar surface area (TPSA) is 78.5 Å².